The molecule has 2 N–H and O–H groups in total. The summed E-state index contributed by atoms with van der Waals surface area (Å²) in [4.78, 5) is 4.39. The van der Waals surface area contributed by atoms with Crippen LogP contribution in [0.15, 0.2) is 40.1 Å². The highest BCUT2D eigenvalue weighted by atomic mass is 32.2. The zero-order valence-electron chi connectivity index (χ0n) is 9.14. The molecule has 0 saturated heterocycles. The second-order valence-corrected chi connectivity index (χ2v) is 4.50. The number of thioether (sulfide) groups is 1. The van der Waals surface area contributed by atoms with Gasteiger partial charge in [0, 0.05) is 12.7 Å². The standard InChI is InChI=1S/C12H14N2OS/c1-9-5-10(6-13)7-14-12(9)16-8-11-3-2-4-15-11/h2-5,7H,6,8,13H2,1H3. The van der Waals surface area contributed by atoms with Crippen LogP contribution in [0.1, 0.15) is 16.9 Å². The number of nitrogens with zero attached hydrogens (tertiary/aromatic N) is 1. The monoisotopic (exact) mass is 234 g/mol. The Morgan fingerprint density at radius 1 is 1.50 bits per heavy atom. The summed E-state index contributed by atoms with van der Waals surface area (Å²) in [5, 5.41) is 1.04. The number of hydrogen-bond acceptors (Lipinski definition) is 4. The van der Waals surface area contributed by atoms with Crippen LogP contribution in [0.2, 0.25) is 0 Å². The number of aromatic nitrogens is 1. The highest BCUT2D eigenvalue weighted by Gasteiger charge is 2.04. The topological polar surface area (TPSA) is 52.0 Å². The lowest BCUT2D eigenvalue weighted by Gasteiger charge is -2.05. The van der Waals surface area contributed by atoms with Gasteiger partial charge in [-0.2, -0.15) is 0 Å². The molecular weight excluding hydrogens is 220 g/mol. The molecule has 0 saturated carbocycles. The van der Waals surface area contributed by atoms with Crippen molar-refractivity contribution in [1.82, 2.24) is 4.98 Å². The molecule has 0 aliphatic carbocycles. The average molecular weight is 234 g/mol. The first kappa shape index (κ1) is 11.2. The fourth-order valence-electron chi connectivity index (χ4n) is 1.42. The molecule has 0 aromatic carbocycles. The third-order valence-corrected chi connectivity index (χ3v) is 3.38. The van der Waals surface area contributed by atoms with Crippen LogP contribution in [0.3, 0.4) is 0 Å². The molecule has 4 heteroatoms. The van der Waals surface area contributed by atoms with Crippen LogP contribution in [-0.4, -0.2) is 4.98 Å². The van der Waals surface area contributed by atoms with Crippen LogP contribution in [0.4, 0.5) is 0 Å². The highest BCUT2D eigenvalue weighted by molar-refractivity contribution is 7.98. The Morgan fingerprint density at radius 2 is 2.38 bits per heavy atom. The van der Waals surface area contributed by atoms with E-state index < -0.39 is 0 Å². The third-order valence-electron chi connectivity index (χ3n) is 2.25. The first-order valence-corrected chi connectivity index (χ1v) is 6.09. The van der Waals surface area contributed by atoms with Crippen LogP contribution >= 0.6 is 11.8 Å². The van der Waals surface area contributed by atoms with Crippen molar-refractivity contribution >= 4 is 11.8 Å². The fraction of sp³-hybridized carbons (Fsp3) is 0.250. The lowest BCUT2D eigenvalue weighted by molar-refractivity contribution is 0.530. The van der Waals surface area contributed by atoms with Gasteiger partial charge in [0.2, 0.25) is 0 Å². The van der Waals surface area contributed by atoms with E-state index in [-0.39, 0.29) is 0 Å². The summed E-state index contributed by atoms with van der Waals surface area (Å²) in [6, 6.07) is 5.95. The number of hydrogen-bond donors (Lipinski definition) is 1. The van der Waals surface area contributed by atoms with Gasteiger partial charge in [-0.15, -0.1) is 0 Å². The van der Waals surface area contributed by atoms with Gasteiger partial charge < -0.3 is 10.2 Å². The average Bonchev–Trinajstić information content (AvgIpc) is 2.80. The van der Waals surface area contributed by atoms with Gasteiger partial charge in [-0.05, 0) is 30.2 Å². The van der Waals surface area contributed by atoms with Crippen LogP contribution in [0.25, 0.3) is 0 Å². The molecule has 2 heterocycles. The van der Waals surface area contributed by atoms with E-state index in [1.54, 1.807) is 18.0 Å². The molecule has 0 aliphatic heterocycles. The van der Waals surface area contributed by atoms with Crippen molar-refractivity contribution in [3.05, 3.63) is 47.5 Å². The van der Waals surface area contributed by atoms with Gasteiger partial charge in [0.05, 0.1) is 17.0 Å². The van der Waals surface area contributed by atoms with E-state index in [1.807, 2.05) is 18.3 Å². The largest absolute Gasteiger partial charge is 0.468 e. The Kier molecular flexibility index (Phi) is 3.64. The zero-order valence-corrected chi connectivity index (χ0v) is 9.96. The minimum absolute atomic E-state index is 0.539. The van der Waals surface area contributed by atoms with Gasteiger partial charge in [0.15, 0.2) is 0 Å². The van der Waals surface area contributed by atoms with E-state index in [2.05, 4.69) is 18.0 Å². The highest BCUT2D eigenvalue weighted by Crippen LogP contribution is 2.24. The Balaban J connectivity index is 2.04. The lowest BCUT2D eigenvalue weighted by Crippen LogP contribution is -1.98. The minimum Gasteiger partial charge on any atom is -0.468 e. The Morgan fingerprint density at radius 3 is 3.00 bits per heavy atom. The van der Waals surface area contributed by atoms with Gasteiger partial charge in [-0.1, -0.05) is 17.8 Å². The second kappa shape index (κ2) is 5.18. The van der Waals surface area contributed by atoms with Gasteiger partial charge >= 0.3 is 0 Å². The number of rotatable bonds is 4. The summed E-state index contributed by atoms with van der Waals surface area (Å²) in [6.45, 7) is 2.59. The van der Waals surface area contributed by atoms with E-state index in [1.165, 1.54) is 5.56 Å². The van der Waals surface area contributed by atoms with Gasteiger partial charge in [-0.25, -0.2) is 4.98 Å². The number of furan rings is 1. The van der Waals surface area contributed by atoms with Gasteiger partial charge in [0.1, 0.15) is 5.76 Å². The molecule has 2 aromatic rings. The number of aryl methyl sites for hydroxylation is 1. The Labute approximate surface area is 99.1 Å². The van der Waals surface area contributed by atoms with Crippen molar-refractivity contribution in [2.45, 2.75) is 24.2 Å². The van der Waals surface area contributed by atoms with Crippen LogP contribution in [0.5, 0.6) is 0 Å². The van der Waals surface area contributed by atoms with Crippen LogP contribution in [0, 0.1) is 6.92 Å². The molecule has 0 unspecified atom stereocenters. The quantitative estimate of drug-likeness (QED) is 0.826. The fourth-order valence-corrected chi connectivity index (χ4v) is 2.27. The van der Waals surface area contributed by atoms with E-state index in [4.69, 9.17) is 10.2 Å². The zero-order chi connectivity index (χ0) is 11.4. The molecule has 0 amide bonds. The molecular formula is C12H14N2OS. The lowest BCUT2D eigenvalue weighted by atomic mass is 10.2. The SMILES string of the molecule is Cc1cc(CN)cnc1SCc1ccco1. The predicted molar refractivity (Wildman–Crippen MR) is 65.1 cm³/mol. The molecule has 0 radical (unpaired) electrons. The second-order valence-electron chi connectivity index (χ2n) is 3.54. The van der Waals surface area contributed by atoms with E-state index in [0.717, 1.165) is 22.1 Å². The van der Waals surface area contributed by atoms with Crippen molar-refractivity contribution in [2.24, 2.45) is 5.73 Å². The summed E-state index contributed by atoms with van der Waals surface area (Å²) < 4.78 is 5.27. The van der Waals surface area contributed by atoms with E-state index in [0.29, 0.717) is 6.54 Å². The molecule has 2 aromatic heterocycles. The molecule has 0 atom stereocenters. The molecule has 0 aliphatic rings. The first-order chi connectivity index (χ1) is 7.79. The molecule has 0 fully saturated rings. The summed E-state index contributed by atoms with van der Waals surface area (Å²) in [6.07, 6.45) is 3.52. The molecule has 16 heavy (non-hydrogen) atoms. The summed E-state index contributed by atoms with van der Waals surface area (Å²) in [7, 11) is 0. The van der Waals surface area contributed by atoms with Gasteiger partial charge in [0.25, 0.3) is 0 Å². The number of nitrogens with two attached hydrogens (primary N) is 1. The summed E-state index contributed by atoms with van der Waals surface area (Å²) >= 11 is 1.68. The van der Waals surface area contributed by atoms with Crippen LogP contribution < -0.4 is 5.73 Å². The summed E-state index contributed by atoms with van der Waals surface area (Å²) in [5.41, 5.74) is 7.79. The Bertz CT molecular complexity index is 454. The third kappa shape index (κ3) is 2.65. The maximum Gasteiger partial charge on any atom is 0.114 e. The molecule has 84 valence electrons. The molecule has 3 nitrogen and oxygen atoms in total. The minimum atomic E-state index is 0.539. The van der Waals surface area contributed by atoms with Crippen molar-refractivity contribution in [3.8, 4) is 0 Å². The maximum atomic E-state index is 5.56. The maximum absolute atomic E-state index is 5.56. The molecule has 0 bridgehead atoms. The van der Waals surface area contributed by atoms with E-state index in [9.17, 15) is 0 Å². The van der Waals surface area contributed by atoms with Crippen molar-refractivity contribution < 1.29 is 4.42 Å². The van der Waals surface area contributed by atoms with Crippen molar-refractivity contribution in [1.29, 1.82) is 0 Å². The van der Waals surface area contributed by atoms with Gasteiger partial charge in [-0.3, -0.25) is 0 Å². The summed E-state index contributed by atoms with van der Waals surface area (Å²) in [5.74, 6) is 1.78. The van der Waals surface area contributed by atoms with Crippen LogP contribution in [-0.2, 0) is 12.3 Å². The predicted octanol–water partition coefficient (Wildman–Crippen LogP) is 2.73. The normalized spacial score (nSPS) is 10.6. The van der Waals surface area contributed by atoms with E-state index >= 15 is 0 Å². The first-order valence-electron chi connectivity index (χ1n) is 5.10. The molecule has 0 spiro atoms. The molecule has 2 rings (SSSR count). The number of pyridine rings is 1. The smallest absolute Gasteiger partial charge is 0.114 e. The Hall–Kier alpha value is -1.26. The van der Waals surface area contributed by atoms with Crippen molar-refractivity contribution in [2.75, 3.05) is 0 Å². The van der Waals surface area contributed by atoms with Crippen molar-refractivity contribution in [3.63, 3.8) is 0 Å².